The van der Waals surface area contributed by atoms with Crippen molar-refractivity contribution >= 4 is 18.1 Å². The molecule has 2 heterocycles. The molecule has 0 bridgehead atoms. The predicted octanol–water partition coefficient (Wildman–Crippen LogP) is 2.49. The van der Waals surface area contributed by atoms with Gasteiger partial charge in [0.15, 0.2) is 0 Å². The van der Waals surface area contributed by atoms with Crippen LogP contribution in [0, 0.1) is 24.2 Å². The lowest BCUT2D eigenvalue weighted by molar-refractivity contribution is 0.361. The molecule has 0 unspecified atom stereocenters. The molecule has 1 aromatic heterocycles. The van der Waals surface area contributed by atoms with Crippen LogP contribution in [0.5, 0.6) is 0 Å². The summed E-state index contributed by atoms with van der Waals surface area (Å²) in [6, 6.07) is 4.06. The van der Waals surface area contributed by atoms with Crippen molar-refractivity contribution < 1.29 is 0 Å². The molecular formula is C14H21ClN4. The monoisotopic (exact) mass is 280 g/mol. The van der Waals surface area contributed by atoms with E-state index in [0.717, 1.165) is 36.8 Å². The molecule has 0 atom stereocenters. The minimum atomic E-state index is 0. The van der Waals surface area contributed by atoms with Crippen LogP contribution >= 0.6 is 12.4 Å². The highest BCUT2D eigenvalue weighted by atomic mass is 35.5. The Labute approximate surface area is 121 Å². The molecule has 0 aliphatic carbocycles. The molecule has 1 aliphatic rings. The van der Waals surface area contributed by atoms with Crippen molar-refractivity contribution in [3.05, 3.63) is 23.5 Å². The molecule has 4 nitrogen and oxygen atoms in total. The Hall–Kier alpha value is -1.31. The fraction of sp³-hybridized carbons (Fsp3) is 0.571. The number of pyridine rings is 1. The second-order valence-corrected chi connectivity index (χ2v) is 4.85. The van der Waals surface area contributed by atoms with E-state index in [2.05, 4.69) is 21.7 Å². The molecule has 5 heteroatoms. The van der Waals surface area contributed by atoms with Crippen molar-refractivity contribution in [3.63, 3.8) is 0 Å². The Morgan fingerprint density at radius 1 is 1.47 bits per heavy atom. The van der Waals surface area contributed by atoms with Gasteiger partial charge in [0.05, 0.1) is 0 Å². The Kier molecular flexibility index (Phi) is 6.61. The van der Waals surface area contributed by atoms with E-state index in [0.29, 0.717) is 5.69 Å². The van der Waals surface area contributed by atoms with E-state index >= 15 is 0 Å². The standard InChI is InChI=1S/C14H20N4.ClH/c1-11-13(5-9-18-14(11)10-15)17-8-4-12-2-6-16-7-3-12;/h5,9,12,16H,2-4,6-8H2,1H3,(H,17,18);1H. The first kappa shape index (κ1) is 15.7. The first-order chi connectivity index (χ1) is 8.81. The fourth-order valence-electron chi connectivity index (χ4n) is 2.42. The summed E-state index contributed by atoms with van der Waals surface area (Å²) in [5.74, 6) is 0.830. The summed E-state index contributed by atoms with van der Waals surface area (Å²) >= 11 is 0. The van der Waals surface area contributed by atoms with Crippen LogP contribution in [0.4, 0.5) is 5.69 Å². The Bertz CT molecular complexity index is 436. The van der Waals surface area contributed by atoms with Gasteiger partial charge in [-0.25, -0.2) is 4.98 Å². The number of anilines is 1. The topological polar surface area (TPSA) is 60.7 Å². The van der Waals surface area contributed by atoms with E-state index in [4.69, 9.17) is 5.26 Å². The number of halogens is 1. The minimum Gasteiger partial charge on any atom is -0.385 e. The predicted molar refractivity (Wildman–Crippen MR) is 79.6 cm³/mol. The molecule has 1 fully saturated rings. The summed E-state index contributed by atoms with van der Waals surface area (Å²) in [4.78, 5) is 4.05. The molecule has 0 radical (unpaired) electrons. The molecule has 0 aromatic carbocycles. The lowest BCUT2D eigenvalue weighted by atomic mass is 9.95. The molecule has 19 heavy (non-hydrogen) atoms. The number of hydrogen-bond acceptors (Lipinski definition) is 4. The van der Waals surface area contributed by atoms with Gasteiger partial charge in [0, 0.05) is 24.0 Å². The fourth-order valence-corrected chi connectivity index (χ4v) is 2.42. The second kappa shape index (κ2) is 7.98. The van der Waals surface area contributed by atoms with Crippen LogP contribution in [0.2, 0.25) is 0 Å². The lowest BCUT2D eigenvalue weighted by Gasteiger charge is -2.22. The largest absolute Gasteiger partial charge is 0.385 e. The summed E-state index contributed by atoms with van der Waals surface area (Å²) in [5.41, 5.74) is 2.50. The third-order valence-electron chi connectivity index (χ3n) is 3.64. The maximum Gasteiger partial charge on any atom is 0.145 e. The van der Waals surface area contributed by atoms with Gasteiger partial charge < -0.3 is 10.6 Å². The van der Waals surface area contributed by atoms with E-state index in [1.165, 1.54) is 19.3 Å². The highest BCUT2D eigenvalue weighted by Crippen LogP contribution is 2.19. The highest BCUT2D eigenvalue weighted by molar-refractivity contribution is 5.85. The number of rotatable bonds is 4. The summed E-state index contributed by atoms with van der Waals surface area (Å²) in [6.45, 7) is 5.22. The van der Waals surface area contributed by atoms with Gasteiger partial charge in [-0.2, -0.15) is 5.26 Å². The quantitative estimate of drug-likeness (QED) is 0.890. The smallest absolute Gasteiger partial charge is 0.145 e. The number of nitrogens with zero attached hydrogens (tertiary/aromatic N) is 2. The van der Waals surface area contributed by atoms with Crippen LogP contribution in [0.25, 0.3) is 0 Å². The van der Waals surface area contributed by atoms with Gasteiger partial charge in [-0.05, 0) is 51.3 Å². The van der Waals surface area contributed by atoms with Crippen LogP contribution in [0.1, 0.15) is 30.5 Å². The average molecular weight is 281 g/mol. The van der Waals surface area contributed by atoms with Crippen LogP contribution in [-0.4, -0.2) is 24.6 Å². The van der Waals surface area contributed by atoms with Gasteiger partial charge in [-0.1, -0.05) is 0 Å². The van der Waals surface area contributed by atoms with Crippen molar-refractivity contribution in [1.29, 1.82) is 5.26 Å². The van der Waals surface area contributed by atoms with E-state index < -0.39 is 0 Å². The second-order valence-electron chi connectivity index (χ2n) is 4.85. The van der Waals surface area contributed by atoms with Gasteiger partial charge in [-0.3, -0.25) is 0 Å². The molecule has 1 saturated heterocycles. The summed E-state index contributed by atoms with van der Waals surface area (Å²) in [5, 5.41) is 15.7. The number of piperidine rings is 1. The number of aromatic nitrogens is 1. The highest BCUT2D eigenvalue weighted by Gasteiger charge is 2.12. The molecule has 0 saturated carbocycles. The molecule has 2 N–H and O–H groups in total. The van der Waals surface area contributed by atoms with Crippen LogP contribution in [-0.2, 0) is 0 Å². The Morgan fingerprint density at radius 3 is 2.89 bits per heavy atom. The van der Waals surface area contributed by atoms with E-state index in [1.54, 1.807) is 6.20 Å². The molecule has 2 rings (SSSR count). The molecule has 0 amide bonds. The zero-order valence-electron chi connectivity index (χ0n) is 11.3. The SMILES string of the molecule is Cc1c(NCCC2CCNCC2)ccnc1C#N.Cl. The van der Waals surface area contributed by atoms with Crippen LogP contribution < -0.4 is 10.6 Å². The van der Waals surface area contributed by atoms with Gasteiger partial charge in [0.1, 0.15) is 11.8 Å². The third-order valence-corrected chi connectivity index (χ3v) is 3.64. The van der Waals surface area contributed by atoms with Crippen molar-refractivity contribution in [2.45, 2.75) is 26.2 Å². The third kappa shape index (κ3) is 4.38. The van der Waals surface area contributed by atoms with Crippen molar-refractivity contribution in [3.8, 4) is 6.07 Å². The molecule has 0 spiro atoms. The maximum atomic E-state index is 8.92. The van der Waals surface area contributed by atoms with E-state index in [-0.39, 0.29) is 12.4 Å². The van der Waals surface area contributed by atoms with Crippen LogP contribution in [0.15, 0.2) is 12.3 Å². The Morgan fingerprint density at radius 2 is 2.21 bits per heavy atom. The van der Waals surface area contributed by atoms with Gasteiger partial charge in [-0.15, -0.1) is 12.4 Å². The number of nitriles is 1. The van der Waals surface area contributed by atoms with Gasteiger partial charge in [0.2, 0.25) is 0 Å². The molecule has 1 aromatic rings. The number of hydrogen-bond donors (Lipinski definition) is 2. The van der Waals surface area contributed by atoms with E-state index in [9.17, 15) is 0 Å². The normalized spacial score (nSPS) is 15.4. The maximum absolute atomic E-state index is 8.92. The van der Waals surface area contributed by atoms with Gasteiger partial charge >= 0.3 is 0 Å². The van der Waals surface area contributed by atoms with Crippen LogP contribution in [0.3, 0.4) is 0 Å². The van der Waals surface area contributed by atoms with Crippen molar-refractivity contribution in [1.82, 2.24) is 10.3 Å². The first-order valence-electron chi connectivity index (χ1n) is 6.61. The molecule has 1 aliphatic heterocycles. The first-order valence-corrected chi connectivity index (χ1v) is 6.61. The Balaban J connectivity index is 0.00000180. The summed E-state index contributed by atoms with van der Waals surface area (Å²) in [7, 11) is 0. The molecular weight excluding hydrogens is 260 g/mol. The number of nitrogens with one attached hydrogen (secondary N) is 2. The van der Waals surface area contributed by atoms with E-state index in [1.807, 2.05) is 13.0 Å². The van der Waals surface area contributed by atoms with Crippen molar-refractivity contribution in [2.24, 2.45) is 5.92 Å². The average Bonchev–Trinajstić information content (AvgIpc) is 2.42. The zero-order chi connectivity index (χ0) is 12.8. The summed E-state index contributed by atoms with van der Waals surface area (Å²) < 4.78 is 0. The summed E-state index contributed by atoms with van der Waals surface area (Å²) in [6.07, 6.45) is 5.45. The van der Waals surface area contributed by atoms with Crippen molar-refractivity contribution in [2.75, 3.05) is 25.0 Å². The minimum absolute atomic E-state index is 0. The zero-order valence-corrected chi connectivity index (χ0v) is 12.1. The van der Waals surface area contributed by atoms with Gasteiger partial charge in [0.25, 0.3) is 0 Å². The molecule has 104 valence electrons. The lowest BCUT2D eigenvalue weighted by Crippen LogP contribution is -2.28.